The highest BCUT2D eigenvalue weighted by Crippen LogP contribution is 2.39. The number of aliphatic hydroxyl groups is 1. The van der Waals surface area contributed by atoms with Gasteiger partial charge < -0.3 is 30.2 Å². The maximum atomic E-state index is 9.41. The SMILES string of the molecule is Cc1c(-c2ccc3c(c2)C(N)C=C3CCO)cc(Nc2ccc(N3CCOCC3)cn2)c2nccn12. The number of ether oxygens (including phenoxy) is 1. The molecule has 1 saturated heterocycles. The Balaban J connectivity index is 1.34. The van der Waals surface area contributed by atoms with E-state index in [9.17, 15) is 5.11 Å². The molecule has 0 saturated carbocycles. The van der Waals surface area contributed by atoms with Crippen LogP contribution in [0.4, 0.5) is 17.2 Å². The summed E-state index contributed by atoms with van der Waals surface area (Å²) in [7, 11) is 0. The molecule has 8 nitrogen and oxygen atoms in total. The van der Waals surface area contributed by atoms with E-state index in [1.165, 1.54) is 0 Å². The van der Waals surface area contributed by atoms with E-state index >= 15 is 0 Å². The zero-order valence-electron chi connectivity index (χ0n) is 20.3. The first-order valence-electron chi connectivity index (χ1n) is 12.4. The van der Waals surface area contributed by atoms with Gasteiger partial charge in [0.25, 0.3) is 0 Å². The molecule has 0 radical (unpaired) electrons. The minimum atomic E-state index is -0.162. The lowest BCUT2D eigenvalue weighted by atomic mass is 9.96. The summed E-state index contributed by atoms with van der Waals surface area (Å²) in [5.41, 5.74) is 15.9. The molecule has 1 aliphatic heterocycles. The van der Waals surface area contributed by atoms with Crippen LogP contribution in [0.2, 0.25) is 0 Å². The third kappa shape index (κ3) is 4.03. The van der Waals surface area contributed by atoms with Crippen LogP contribution in [0, 0.1) is 6.92 Å². The van der Waals surface area contributed by atoms with E-state index in [-0.39, 0.29) is 12.6 Å². The van der Waals surface area contributed by atoms with E-state index in [1.54, 1.807) is 0 Å². The lowest BCUT2D eigenvalue weighted by Gasteiger charge is -2.28. The van der Waals surface area contributed by atoms with Crippen LogP contribution in [0.1, 0.15) is 29.3 Å². The molecule has 1 aliphatic carbocycles. The maximum Gasteiger partial charge on any atom is 0.160 e. The Bertz CT molecular complexity index is 1440. The van der Waals surface area contributed by atoms with E-state index in [2.05, 4.69) is 67.9 Å². The molecule has 3 aromatic heterocycles. The van der Waals surface area contributed by atoms with Crippen molar-refractivity contribution in [3.05, 3.63) is 77.9 Å². The molecule has 1 unspecified atom stereocenters. The monoisotopic (exact) mass is 482 g/mol. The Labute approximate surface area is 210 Å². The summed E-state index contributed by atoms with van der Waals surface area (Å²) >= 11 is 0. The second kappa shape index (κ2) is 9.39. The molecular weight excluding hydrogens is 452 g/mol. The summed E-state index contributed by atoms with van der Waals surface area (Å²) in [4.78, 5) is 11.6. The number of rotatable bonds is 6. The summed E-state index contributed by atoms with van der Waals surface area (Å²) in [5.74, 6) is 0.764. The van der Waals surface area contributed by atoms with Crippen LogP contribution in [0.3, 0.4) is 0 Å². The molecular formula is C28H30N6O2. The lowest BCUT2D eigenvalue weighted by Crippen LogP contribution is -2.36. The van der Waals surface area contributed by atoms with Gasteiger partial charge in [-0.3, -0.25) is 0 Å². The molecule has 36 heavy (non-hydrogen) atoms. The van der Waals surface area contributed by atoms with Gasteiger partial charge in [0.05, 0.1) is 30.8 Å². The molecule has 4 aromatic rings. The molecule has 1 fully saturated rings. The molecule has 6 rings (SSSR count). The number of aryl methyl sites for hydroxylation is 1. The predicted molar refractivity (Wildman–Crippen MR) is 143 cm³/mol. The maximum absolute atomic E-state index is 9.41. The number of hydrogen-bond donors (Lipinski definition) is 3. The fourth-order valence-corrected chi connectivity index (χ4v) is 5.24. The van der Waals surface area contributed by atoms with Gasteiger partial charge in [-0.2, -0.15) is 0 Å². The van der Waals surface area contributed by atoms with Crippen molar-refractivity contribution in [2.75, 3.05) is 43.1 Å². The topological polar surface area (TPSA) is 101 Å². The predicted octanol–water partition coefficient (Wildman–Crippen LogP) is 4.06. The first-order valence-corrected chi connectivity index (χ1v) is 12.4. The van der Waals surface area contributed by atoms with Crippen LogP contribution in [-0.2, 0) is 4.74 Å². The van der Waals surface area contributed by atoms with Crippen molar-refractivity contribution in [1.82, 2.24) is 14.4 Å². The van der Waals surface area contributed by atoms with Crippen molar-refractivity contribution in [2.24, 2.45) is 5.73 Å². The summed E-state index contributed by atoms with van der Waals surface area (Å²) in [6, 6.07) is 12.5. The molecule has 184 valence electrons. The van der Waals surface area contributed by atoms with Crippen LogP contribution in [0.15, 0.2) is 61.1 Å². The van der Waals surface area contributed by atoms with Gasteiger partial charge in [0.1, 0.15) is 5.82 Å². The zero-order valence-corrected chi connectivity index (χ0v) is 20.3. The van der Waals surface area contributed by atoms with Crippen molar-refractivity contribution in [2.45, 2.75) is 19.4 Å². The van der Waals surface area contributed by atoms with Crippen LogP contribution < -0.4 is 16.0 Å². The van der Waals surface area contributed by atoms with Crippen molar-refractivity contribution in [3.63, 3.8) is 0 Å². The second-order valence-electron chi connectivity index (χ2n) is 9.30. The number of imidazole rings is 1. The van der Waals surface area contributed by atoms with Crippen LogP contribution in [-0.4, -0.2) is 52.4 Å². The number of hydrogen-bond acceptors (Lipinski definition) is 7. The minimum absolute atomic E-state index is 0.118. The number of nitrogens with two attached hydrogens (primary N) is 1. The van der Waals surface area contributed by atoms with Gasteiger partial charge in [0, 0.05) is 49.4 Å². The third-order valence-corrected chi connectivity index (χ3v) is 7.14. The standard InChI is InChI=1S/C28H30N6O2/c1-18-23(19-2-4-22-20(6-11-35)15-25(29)24(22)14-19)16-26(28-30-7-8-34(18)28)32-27-5-3-21(17-31-27)33-9-12-36-13-10-33/h2-5,7-8,14-17,25,35H,6,9-13,29H2,1H3,(H,31,32). The highest BCUT2D eigenvalue weighted by Gasteiger charge is 2.22. The van der Waals surface area contributed by atoms with E-state index < -0.39 is 0 Å². The summed E-state index contributed by atoms with van der Waals surface area (Å²) < 4.78 is 7.56. The Kier molecular flexibility index (Phi) is 5.92. The van der Waals surface area contributed by atoms with Gasteiger partial charge in [-0.1, -0.05) is 18.2 Å². The fraction of sp³-hybridized carbons (Fsp3) is 0.286. The number of aromatic nitrogens is 3. The van der Waals surface area contributed by atoms with Crippen molar-refractivity contribution in [1.29, 1.82) is 0 Å². The molecule has 0 amide bonds. The van der Waals surface area contributed by atoms with Gasteiger partial charge in [-0.05, 0) is 59.9 Å². The normalized spacial score (nSPS) is 17.4. The number of anilines is 3. The number of fused-ring (bicyclic) bond motifs is 2. The number of nitrogens with one attached hydrogen (secondary N) is 1. The molecule has 4 heterocycles. The number of morpholine rings is 1. The van der Waals surface area contributed by atoms with Crippen LogP contribution >= 0.6 is 0 Å². The lowest BCUT2D eigenvalue weighted by molar-refractivity contribution is 0.122. The molecule has 2 aliphatic rings. The van der Waals surface area contributed by atoms with Gasteiger partial charge in [0.15, 0.2) is 5.65 Å². The highest BCUT2D eigenvalue weighted by molar-refractivity contribution is 5.83. The molecule has 0 spiro atoms. The Hall–Kier alpha value is -3.72. The summed E-state index contributed by atoms with van der Waals surface area (Å²) in [5, 5.41) is 12.9. The van der Waals surface area contributed by atoms with E-state index in [1.807, 2.05) is 24.7 Å². The van der Waals surface area contributed by atoms with Gasteiger partial charge in [-0.25, -0.2) is 9.97 Å². The Morgan fingerprint density at radius 2 is 1.97 bits per heavy atom. The average Bonchev–Trinajstić information content (AvgIpc) is 3.52. The van der Waals surface area contributed by atoms with Crippen molar-refractivity contribution < 1.29 is 9.84 Å². The van der Waals surface area contributed by atoms with Crippen LogP contribution in [0.5, 0.6) is 0 Å². The van der Waals surface area contributed by atoms with Crippen LogP contribution in [0.25, 0.3) is 22.3 Å². The zero-order chi connectivity index (χ0) is 24.6. The van der Waals surface area contributed by atoms with Gasteiger partial charge in [0.2, 0.25) is 0 Å². The van der Waals surface area contributed by atoms with Gasteiger partial charge >= 0.3 is 0 Å². The van der Waals surface area contributed by atoms with E-state index in [4.69, 9.17) is 10.5 Å². The Morgan fingerprint density at radius 1 is 1.11 bits per heavy atom. The molecule has 4 N–H and O–H groups in total. The summed E-state index contributed by atoms with van der Waals surface area (Å²) in [6.45, 7) is 5.48. The Morgan fingerprint density at radius 3 is 2.75 bits per heavy atom. The number of pyridine rings is 2. The number of nitrogens with zero attached hydrogens (tertiary/aromatic N) is 4. The van der Waals surface area contributed by atoms with Crippen molar-refractivity contribution >= 4 is 28.4 Å². The fourth-order valence-electron chi connectivity index (χ4n) is 5.24. The third-order valence-electron chi connectivity index (χ3n) is 7.14. The number of benzene rings is 1. The quantitative estimate of drug-likeness (QED) is 0.381. The van der Waals surface area contributed by atoms with E-state index in [0.29, 0.717) is 6.42 Å². The molecule has 1 aromatic carbocycles. The van der Waals surface area contributed by atoms with Gasteiger partial charge in [-0.15, -0.1) is 0 Å². The number of aliphatic hydroxyl groups excluding tert-OH is 1. The minimum Gasteiger partial charge on any atom is -0.396 e. The largest absolute Gasteiger partial charge is 0.396 e. The molecule has 8 heteroatoms. The average molecular weight is 483 g/mol. The highest BCUT2D eigenvalue weighted by atomic mass is 16.5. The molecule has 0 bridgehead atoms. The first kappa shape index (κ1) is 22.7. The second-order valence-corrected chi connectivity index (χ2v) is 9.30. The first-order chi connectivity index (χ1) is 17.6. The van der Waals surface area contributed by atoms with Crippen molar-refractivity contribution in [3.8, 4) is 11.1 Å². The summed E-state index contributed by atoms with van der Waals surface area (Å²) in [6.07, 6.45) is 8.37. The smallest absolute Gasteiger partial charge is 0.160 e. The van der Waals surface area contributed by atoms with E-state index in [0.717, 1.165) is 82.7 Å². The molecule has 1 atom stereocenters.